The Morgan fingerprint density at radius 2 is 1.78 bits per heavy atom. The predicted molar refractivity (Wildman–Crippen MR) is 115 cm³/mol. The monoisotopic (exact) mass is 411 g/mol. The van der Waals surface area contributed by atoms with Crippen molar-refractivity contribution in [1.29, 1.82) is 0 Å². The van der Waals surface area contributed by atoms with Gasteiger partial charge in [-0.05, 0) is 43.6 Å². The van der Waals surface area contributed by atoms with Gasteiger partial charge in [-0.2, -0.15) is 4.31 Å². The summed E-state index contributed by atoms with van der Waals surface area (Å²) < 4.78 is 27.1. The molecule has 152 valence electrons. The summed E-state index contributed by atoms with van der Waals surface area (Å²) in [5, 5.41) is 4.14. The normalized spacial score (nSPS) is 16.9. The maximum absolute atomic E-state index is 12.8. The minimum absolute atomic E-state index is 0.365. The Morgan fingerprint density at radius 1 is 1.15 bits per heavy atom. The van der Waals surface area contributed by atoms with Crippen molar-refractivity contribution in [3.63, 3.8) is 0 Å². The number of piperazine rings is 1. The summed E-state index contributed by atoms with van der Waals surface area (Å²) in [6.07, 6.45) is 4.85. The summed E-state index contributed by atoms with van der Waals surface area (Å²) in [6, 6.07) is 7.05. The Hall–Kier alpha value is -1.18. The highest BCUT2D eigenvalue weighted by Crippen LogP contribution is 2.18. The van der Waals surface area contributed by atoms with Crippen LogP contribution in [-0.2, 0) is 10.0 Å². The highest BCUT2D eigenvalue weighted by molar-refractivity contribution is 7.89. The first kappa shape index (κ1) is 22.1. The molecule has 1 aliphatic rings. The summed E-state index contributed by atoms with van der Waals surface area (Å²) in [5.74, 6) is 0.645. The number of thiocarbonyl (C=S) groups is 1. The maximum Gasteiger partial charge on any atom is 0.243 e. The van der Waals surface area contributed by atoms with E-state index in [0.717, 1.165) is 23.6 Å². The average molecular weight is 412 g/mol. The fourth-order valence-electron chi connectivity index (χ4n) is 3.28. The Bertz CT molecular complexity index is 696. The molecule has 0 spiro atoms. The first-order valence-electron chi connectivity index (χ1n) is 9.98. The SMILES string of the molecule is CCCC[C@H](CC)CNC(=S)N1CCN(S(=O)(=O)c2ccc(C)cc2)CC1. The first-order valence-corrected chi connectivity index (χ1v) is 11.8. The van der Waals surface area contributed by atoms with Crippen molar-refractivity contribution in [3.8, 4) is 0 Å². The molecular formula is C20H33N3O2S2. The zero-order valence-electron chi connectivity index (χ0n) is 16.8. The Balaban J connectivity index is 1.85. The van der Waals surface area contributed by atoms with Crippen molar-refractivity contribution in [2.75, 3.05) is 32.7 Å². The van der Waals surface area contributed by atoms with Crippen molar-refractivity contribution in [2.24, 2.45) is 5.92 Å². The molecule has 7 heteroatoms. The van der Waals surface area contributed by atoms with E-state index in [0.29, 0.717) is 37.0 Å². The number of benzene rings is 1. The van der Waals surface area contributed by atoms with Crippen molar-refractivity contribution in [1.82, 2.24) is 14.5 Å². The van der Waals surface area contributed by atoms with Crippen molar-refractivity contribution in [3.05, 3.63) is 29.8 Å². The molecule has 1 N–H and O–H groups in total. The van der Waals surface area contributed by atoms with Gasteiger partial charge >= 0.3 is 0 Å². The van der Waals surface area contributed by atoms with Crippen molar-refractivity contribution < 1.29 is 8.42 Å². The molecule has 5 nitrogen and oxygen atoms in total. The second kappa shape index (κ2) is 10.4. The minimum Gasteiger partial charge on any atom is -0.362 e. The van der Waals surface area contributed by atoms with E-state index in [4.69, 9.17) is 12.2 Å². The van der Waals surface area contributed by atoms with Crippen LogP contribution in [0.25, 0.3) is 0 Å². The maximum atomic E-state index is 12.8. The van der Waals surface area contributed by atoms with Crippen LogP contribution < -0.4 is 5.32 Å². The fourth-order valence-corrected chi connectivity index (χ4v) is 4.97. The van der Waals surface area contributed by atoms with Gasteiger partial charge < -0.3 is 10.2 Å². The van der Waals surface area contributed by atoms with E-state index in [9.17, 15) is 8.42 Å². The van der Waals surface area contributed by atoms with E-state index < -0.39 is 10.0 Å². The summed E-state index contributed by atoms with van der Waals surface area (Å²) in [7, 11) is -3.42. The smallest absolute Gasteiger partial charge is 0.243 e. The summed E-state index contributed by atoms with van der Waals surface area (Å²) in [5.41, 5.74) is 1.06. The van der Waals surface area contributed by atoms with Crippen LogP contribution in [0.1, 0.15) is 45.1 Å². The number of nitrogens with one attached hydrogen (secondary N) is 1. The van der Waals surface area contributed by atoms with Gasteiger partial charge in [-0.1, -0.05) is 50.8 Å². The topological polar surface area (TPSA) is 52.6 Å². The van der Waals surface area contributed by atoms with E-state index in [1.807, 2.05) is 19.1 Å². The molecule has 2 rings (SSSR count). The van der Waals surface area contributed by atoms with Gasteiger partial charge in [-0.15, -0.1) is 0 Å². The minimum atomic E-state index is -3.42. The quantitative estimate of drug-likeness (QED) is 0.665. The number of sulfonamides is 1. The lowest BCUT2D eigenvalue weighted by atomic mass is 9.99. The largest absolute Gasteiger partial charge is 0.362 e. The average Bonchev–Trinajstić information content (AvgIpc) is 2.68. The van der Waals surface area contributed by atoms with Crippen LogP contribution in [0.5, 0.6) is 0 Å². The number of rotatable bonds is 8. The van der Waals surface area contributed by atoms with Gasteiger partial charge in [0, 0.05) is 32.7 Å². The summed E-state index contributed by atoms with van der Waals surface area (Å²) >= 11 is 5.54. The van der Waals surface area contributed by atoms with Crippen LogP contribution in [0.4, 0.5) is 0 Å². The van der Waals surface area contributed by atoms with Crippen LogP contribution in [0, 0.1) is 12.8 Å². The Labute approximate surface area is 170 Å². The Morgan fingerprint density at radius 3 is 2.33 bits per heavy atom. The molecule has 1 aliphatic heterocycles. The highest BCUT2D eigenvalue weighted by Gasteiger charge is 2.29. The molecule has 27 heavy (non-hydrogen) atoms. The van der Waals surface area contributed by atoms with Crippen LogP contribution in [-0.4, -0.2) is 55.5 Å². The van der Waals surface area contributed by atoms with E-state index in [1.165, 1.54) is 19.3 Å². The third kappa shape index (κ3) is 6.16. The number of hydrogen-bond donors (Lipinski definition) is 1. The lowest BCUT2D eigenvalue weighted by Gasteiger charge is -2.35. The summed E-state index contributed by atoms with van der Waals surface area (Å²) in [4.78, 5) is 2.45. The molecule has 0 radical (unpaired) electrons. The molecule has 1 saturated heterocycles. The number of aryl methyl sites for hydroxylation is 1. The van der Waals surface area contributed by atoms with Gasteiger partial charge in [0.2, 0.25) is 10.0 Å². The lowest BCUT2D eigenvalue weighted by Crippen LogP contribution is -2.53. The second-order valence-corrected chi connectivity index (χ2v) is 9.63. The van der Waals surface area contributed by atoms with Gasteiger partial charge in [0.15, 0.2) is 5.11 Å². The zero-order chi connectivity index (χ0) is 19.9. The van der Waals surface area contributed by atoms with E-state index in [-0.39, 0.29) is 0 Å². The molecule has 1 heterocycles. The number of unbranched alkanes of at least 4 members (excludes halogenated alkanes) is 1. The lowest BCUT2D eigenvalue weighted by molar-refractivity contribution is 0.262. The second-order valence-electron chi connectivity index (χ2n) is 7.31. The van der Waals surface area contributed by atoms with E-state index in [2.05, 4.69) is 24.1 Å². The van der Waals surface area contributed by atoms with Gasteiger partial charge in [0.25, 0.3) is 0 Å². The number of nitrogens with zero attached hydrogens (tertiary/aromatic N) is 2. The molecule has 0 amide bonds. The molecule has 1 aromatic carbocycles. The van der Waals surface area contributed by atoms with Crippen LogP contribution in [0.3, 0.4) is 0 Å². The molecular weight excluding hydrogens is 378 g/mol. The Kier molecular flexibility index (Phi) is 8.51. The molecule has 1 fully saturated rings. The van der Waals surface area contributed by atoms with Gasteiger partial charge in [0.1, 0.15) is 0 Å². The molecule has 0 unspecified atom stereocenters. The van der Waals surface area contributed by atoms with Gasteiger partial charge in [0.05, 0.1) is 4.90 Å². The molecule has 0 bridgehead atoms. The first-order chi connectivity index (χ1) is 12.9. The molecule has 0 aliphatic carbocycles. The van der Waals surface area contributed by atoms with Crippen LogP contribution in [0.15, 0.2) is 29.2 Å². The molecule has 1 atom stereocenters. The molecule has 1 aromatic rings. The third-order valence-electron chi connectivity index (χ3n) is 5.27. The van der Waals surface area contributed by atoms with Crippen molar-refractivity contribution >= 4 is 27.4 Å². The van der Waals surface area contributed by atoms with Crippen LogP contribution >= 0.6 is 12.2 Å². The molecule has 0 saturated carbocycles. The zero-order valence-corrected chi connectivity index (χ0v) is 18.4. The standard InChI is InChI=1S/C20H33N3O2S2/c1-4-6-7-18(5-2)16-21-20(26)22-12-14-23(15-13-22)27(24,25)19-10-8-17(3)9-11-19/h8-11,18H,4-7,12-16H2,1-3H3,(H,21,26)/t18-/m0/s1. The highest BCUT2D eigenvalue weighted by atomic mass is 32.2. The van der Waals surface area contributed by atoms with Gasteiger partial charge in [-0.25, -0.2) is 8.42 Å². The number of hydrogen-bond acceptors (Lipinski definition) is 3. The molecule has 0 aromatic heterocycles. The predicted octanol–water partition coefficient (Wildman–Crippen LogP) is 3.39. The summed E-state index contributed by atoms with van der Waals surface area (Å²) in [6.45, 7) is 9.47. The van der Waals surface area contributed by atoms with Crippen molar-refractivity contribution in [2.45, 2.75) is 51.3 Å². The van der Waals surface area contributed by atoms with E-state index in [1.54, 1.807) is 16.4 Å². The van der Waals surface area contributed by atoms with Gasteiger partial charge in [-0.3, -0.25) is 0 Å². The third-order valence-corrected chi connectivity index (χ3v) is 7.59. The van der Waals surface area contributed by atoms with Crippen LogP contribution in [0.2, 0.25) is 0 Å². The fraction of sp³-hybridized carbons (Fsp3) is 0.650. The van der Waals surface area contributed by atoms with E-state index >= 15 is 0 Å².